The molecule has 8 heteroatoms. The maximum absolute atomic E-state index is 12.4. The summed E-state index contributed by atoms with van der Waals surface area (Å²) in [5.74, 6) is -0.0234. The van der Waals surface area contributed by atoms with E-state index in [1.807, 2.05) is 32.0 Å². The Morgan fingerprint density at radius 2 is 1.96 bits per heavy atom. The number of oxazole rings is 1. The molecular weight excluding hydrogens is 364 g/mol. The summed E-state index contributed by atoms with van der Waals surface area (Å²) in [6, 6.07) is 7.29. The molecule has 0 aliphatic carbocycles. The predicted molar refractivity (Wildman–Crippen MR) is 100 cm³/mol. The molecular formula is C20H22N2O6. The Labute approximate surface area is 162 Å². The molecule has 0 fully saturated rings. The van der Waals surface area contributed by atoms with Gasteiger partial charge in [-0.2, -0.15) is 0 Å². The minimum Gasteiger partial charge on any atom is -0.466 e. The van der Waals surface area contributed by atoms with Gasteiger partial charge in [0.25, 0.3) is 0 Å². The van der Waals surface area contributed by atoms with Gasteiger partial charge in [-0.3, -0.25) is 0 Å². The number of carbonyl (C=O) groups is 2. The van der Waals surface area contributed by atoms with E-state index in [1.54, 1.807) is 11.0 Å². The second-order valence-electron chi connectivity index (χ2n) is 6.14. The number of aromatic nitrogens is 1. The summed E-state index contributed by atoms with van der Waals surface area (Å²) in [6.07, 6.45) is 0.771. The smallest absolute Gasteiger partial charge is 0.355 e. The SMILES string of the molecule is CCc1nc(-c2cccc(N3COCC(C(=O)OC)=C3C(=O)OC)c2)oc1C. The predicted octanol–water partition coefficient (Wildman–Crippen LogP) is 2.61. The Morgan fingerprint density at radius 1 is 1.21 bits per heavy atom. The summed E-state index contributed by atoms with van der Waals surface area (Å²) in [7, 11) is 2.51. The van der Waals surface area contributed by atoms with E-state index in [-0.39, 0.29) is 24.6 Å². The zero-order valence-corrected chi connectivity index (χ0v) is 16.3. The normalized spacial score (nSPS) is 14.2. The van der Waals surface area contributed by atoms with E-state index < -0.39 is 11.9 Å². The summed E-state index contributed by atoms with van der Waals surface area (Å²) in [5, 5.41) is 0. The summed E-state index contributed by atoms with van der Waals surface area (Å²) in [4.78, 5) is 30.6. The molecule has 0 N–H and O–H groups in total. The van der Waals surface area contributed by atoms with Crippen LogP contribution in [0.25, 0.3) is 11.5 Å². The van der Waals surface area contributed by atoms with Crippen LogP contribution < -0.4 is 4.90 Å². The van der Waals surface area contributed by atoms with Crippen molar-refractivity contribution in [3.8, 4) is 11.5 Å². The number of anilines is 1. The first-order valence-corrected chi connectivity index (χ1v) is 8.81. The molecule has 1 aromatic carbocycles. The van der Waals surface area contributed by atoms with E-state index in [9.17, 15) is 9.59 Å². The van der Waals surface area contributed by atoms with E-state index in [0.29, 0.717) is 11.6 Å². The molecule has 0 spiro atoms. The minimum atomic E-state index is -0.644. The van der Waals surface area contributed by atoms with E-state index in [4.69, 9.17) is 18.6 Å². The summed E-state index contributed by atoms with van der Waals surface area (Å²) >= 11 is 0. The standard InChI is InChI=1S/C20H22N2O6/c1-5-16-12(2)28-18(21-16)13-7-6-8-14(9-13)22-11-27-10-15(19(23)25-3)17(22)20(24)26-4/h6-9H,5,10-11H2,1-4H3. The monoisotopic (exact) mass is 386 g/mol. The molecule has 0 unspecified atom stereocenters. The lowest BCUT2D eigenvalue weighted by Gasteiger charge is -2.31. The van der Waals surface area contributed by atoms with Crippen molar-refractivity contribution < 1.29 is 28.2 Å². The molecule has 1 aromatic heterocycles. The number of carbonyl (C=O) groups excluding carboxylic acids is 2. The van der Waals surface area contributed by atoms with Gasteiger partial charge in [-0.05, 0) is 31.5 Å². The van der Waals surface area contributed by atoms with Crippen LogP contribution >= 0.6 is 0 Å². The molecule has 0 atom stereocenters. The number of ether oxygens (including phenoxy) is 3. The van der Waals surface area contributed by atoms with E-state index >= 15 is 0 Å². The van der Waals surface area contributed by atoms with Gasteiger partial charge in [0, 0.05) is 11.3 Å². The first-order chi connectivity index (χ1) is 13.5. The molecule has 0 amide bonds. The van der Waals surface area contributed by atoms with Crippen molar-refractivity contribution in [2.24, 2.45) is 0 Å². The van der Waals surface area contributed by atoms with Gasteiger partial charge in [-0.1, -0.05) is 13.0 Å². The van der Waals surface area contributed by atoms with Gasteiger partial charge in [0.15, 0.2) is 0 Å². The number of hydrogen-bond acceptors (Lipinski definition) is 8. The average molecular weight is 386 g/mol. The fourth-order valence-electron chi connectivity index (χ4n) is 3.03. The molecule has 8 nitrogen and oxygen atoms in total. The number of esters is 2. The second-order valence-corrected chi connectivity index (χ2v) is 6.14. The highest BCUT2D eigenvalue weighted by Crippen LogP contribution is 2.30. The Balaban J connectivity index is 2.06. The third-order valence-corrected chi connectivity index (χ3v) is 4.47. The number of rotatable bonds is 5. The maximum Gasteiger partial charge on any atom is 0.355 e. The Bertz CT molecular complexity index is 931. The van der Waals surface area contributed by atoms with Crippen LogP contribution in [0.15, 0.2) is 40.0 Å². The highest BCUT2D eigenvalue weighted by molar-refractivity contribution is 6.03. The first-order valence-electron chi connectivity index (χ1n) is 8.81. The molecule has 1 aliphatic heterocycles. The second kappa shape index (κ2) is 8.26. The Hall–Kier alpha value is -3.13. The summed E-state index contributed by atoms with van der Waals surface area (Å²) in [5.41, 5.74) is 2.47. The van der Waals surface area contributed by atoms with Gasteiger partial charge in [0.05, 0.1) is 32.1 Å². The molecule has 0 radical (unpaired) electrons. The van der Waals surface area contributed by atoms with Crippen LogP contribution in [0.5, 0.6) is 0 Å². The van der Waals surface area contributed by atoms with Crippen LogP contribution in [-0.2, 0) is 30.2 Å². The van der Waals surface area contributed by atoms with Crippen LogP contribution in [-0.4, -0.2) is 44.5 Å². The Kier molecular flexibility index (Phi) is 5.79. The van der Waals surface area contributed by atoms with Crippen molar-refractivity contribution in [3.05, 3.63) is 47.0 Å². The Morgan fingerprint density at radius 3 is 2.61 bits per heavy atom. The van der Waals surface area contributed by atoms with Gasteiger partial charge in [0.1, 0.15) is 18.2 Å². The highest BCUT2D eigenvalue weighted by atomic mass is 16.5. The van der Waals surface area contributed by atoms with Gasteiger partial charge in [-0.15, -0.1) is 0 Å². The maximum atomic E-state index is 12.4. The number of benzene rings is 1. The summed E-state index contributed by atoms with van der Waals surface area (Å²) < 4.78 is 20.9. The van der Waals surface area contributed by atoms with Gasteiger partial charge < -0.3 is 23.5 Å². The number of aryl methyl sites for hydroxylation is 2. The molecule has 0 bridgehead atoms. The van der Waals surface area contributed by atoms with Crippen molar-refractivity contribution in [1.82, 2.24) is 4.98 Å². The van der Waals surface area contributed by atoms with Crippen molar-refractivity contribution in [2.45, 2.75) is 20.3 Å². The number of hydrogen-bond donors (Lipinski definition) is 0. The molecule has 0 saturated carbocycles. The third-order valence-electron chi connectivity index (χ3n) is 4.47. The molecule has 148 valence electrons. The molecule has 2 heterocycles. The largest absolute Gasteiger partial charge is 0.466 e. The fourth-order valence-corrected chi connectivity index (χ4v) is 3.03. The van der Waals surface area contributed by atoms with Crippen LogP contribution in [0.1, 0.15) is 18.4 Å². The first kappa shape index (κ1) is 19.6. The van der Waals surface area contributed by atoms with Crippen LogP contribution in [0.3, 0.4) is 0 Å². The molecule has 3 rings (SSSR count). The topological polar surface area (TPSA) is 91.1 Å². The molecule has 1 aliphatic rings. The molecule has 2 aromatic rings. The zero-order chi connectivity index (χ0) is 20.3. The summed E-state index contributed by atoms with van der Waals surface area (Å²) in [6.45, 7) is 3.93. The molecule has 28 heavy (non-hydrogen) atoms. The van der Waals surface area contributed by atoms with Crippen molar-refractivity contribution in [2.75, 3.05) is 32.5 Å². The lowest BCUT2D eigenvalue weighted by atomic mass is 10.1. The van der Waals surface area contributed by atoms with E-state index in [0.717, 1.165) is 23.4 Å². The van der Waals surface area contributed by atoms with E-state index in [2.05, 4.69) is 4.98 Å². The lowest BCUT2D eigenvalue weighted by Crippen LogP contribution is -2.38. The quantitative estimate of drug-likeness (QED) is 0.724. The van der Waals surface area contributed by atoms with Crippen LogP contribution in [0.2, 0.25) is 0 Å². The average Bonchev–Trinajstić information content (AvgIpc) is 3.12. The van der Waals surface area contributed by atoms with Gasteiger partial charge in [-0.25, -0.2) is 14.6 Å². The van der Waals surface area contributed by atoms with E-state index in [1.165, 1.54) is 14.2 Å². The van der Waals surface area contributed by atoms with Crippen molar-refractivity contribution in [1.29, 1.82) is 0 Å². The van der Waals surface area contributed by atoms with Crippen LogP contribution in [0.4, 0.5) is 5.69 Å². The van der Waals surface area contributed by atoms with Gasteiger partial charge >= 0.3 is 11.9 Å². The van der Waals surface area contributed by atoms with Crippen molar-refractivity contribution >= 4 is 17.6 Å². The fraction of sp³-hybridized carbons (Fsp3) is 0.350. The minimum absolute atomic E-state index is 0.0356. The van der Waals surface area contributed by atoms with Crippen LogP contribution in [0, 0.1) is 6.92 Å². The van der Waals surface area contributed by atoms with Gasteiger partial charge in [0.2, 0.25) is 5.89 Å². The number of methoxy groups -OCH3 is 2. The highest BCUT2D eigenvalue weighted by Gasteiger charge is 2.32. The number of nitrogens with zero attached hydrogens (tertiary/aromatic N) is 2. The zero-order valence-electron chi connectivity index (χ0n) is 16.3. The third kappa shape index (κ3) is 3.63. The van der Waals surface area contributed by atoms with Crippen molar-refractivity contribution in [3.63, 3.8) is 0 Å². The molecule has 0 saturated heterocycles. The lowest BCUT2D eigenvalue weighted by molar-refractivity contribution is -0.140.